The Morgan fingerprint density at radius 1 is 1.08 bits per heavy atom. The fourth-order valence-corrected chi connectivity index (χ4v) is 2.75. The van der Waals surface area contributed by atoms with E-state index < -0.39 is 0 Å². The number of hydrogen-bond donors (Lipinski definition) is 0. The molecule has 3 aromatic rings. The van der Waals surface area contributed by atoms with Crippen molar-refractivity contribution in [2.75, 3.05) is 6.61 Å². The smallest absolute Gasteiger partial charge is 0.261 e. The summed E-state index contributed by atoms with van der Waals surface area (Å²) in [6.07, 6.45) is 1.60. The van der Waals surface area contributed by atoms with E-state index in [1.165, 1.54) is 0 Å². The Bertz CT molecular complexity index is 847. The summed E-state index contributed by atoms with van der Waals surface area (Å²) in [7, 11) is 0. The highest BCUT2D eigenvalue weighted by Crippen LogP contribution is 2.25. The van der Waals surface area contributed by atoms with Gasteiger partial charge in [0.15, 0.2) is 6.61 Å². The quantitative estimate of drug-likeness (QED) is 0.598. The Morgan fingerprint density at radius 3 is 2.62 bits per heavy atom. The van der Waals surface area contributed by atoms with Gasteiger partial charge in [0.1, 0.15) is 11.5 Å². The standard InChI is InChI=1S/C21H20ClNO3/c1-16-9-10-19(22)20(12-16)26-15-21(24)23(14-18-8-5-11-25-18)13-17-6-3-2-4-7-17/h2-12H,13-15H2,1H3. The van der Waals surface area contributed by atoms with Crippen LogP contribution in [-0.2, 0) is 17.9 Å². The first-order valence-corrected chi connectivity index (χ1v) is 8.72. The molecule has 0 N–H and O–H groups in total. The predicted octanol–water partition coefficient (Wildman–Crippen LogP) is 4.85. The van der Waals surface area contributed by atoms with E-state index in [-0.39, 0.29) is 12.5 Å². The van der Waals surface area contributed by atoms with Gasteiger partial charge in [-0.25, -0.2) is 0 Å². The second-order valence-corrected chi connectivity index (χ2v) is 6.44. The van der Waals surface area contributed by atoms with Crippen molar-refractivity contribution in [3.63, 3.8) is 0 Å². The van der Waals surface area contributed by atoms with E-state index in [4.69, 9.17) is 20.8 Å². The van der Waals surface area contributed by atoms with E-state index in [2.05, 4.69) is 0 Å². The number of rotatable bonds is 7. The molecule has 0 unspecified atom stereocenters. The van der Waals surface area contributed by atoms with Crippen LogP contribution in [0.25, 0.3) is 0 Å². The van der Waals surface area contributed by atoms with Crippen LogP contribution in [0.2, 0.25) is 5.02 Å². The lowest BCUT2D eigenvalue weighted by Crippen LogP contribution is -2.34. The summed E-state index contributed by atoms with van der Waals surface area (Å²) in [5, 5.41) is 0.490. The lowest BCUT2D eigenvalue weighted by atomic mass is 10.2. The first kappa shape index (κ1) is 18.1. The minimum Gasteiger partial charge on any atom is -0.482 e. The van der Waals surface area contributed by atoms with Crippen LogP contribution >= 0.6 is 11.6 Å². The number of nitrogens with zero attached hydrogens (tertiary/aromatic N) is 1. The first-order valence-electron chi connectivity index (χ1n) is 8.35. The van der Waals surface area contributed by atoms with Crippen molar-refractivity contribution in [1.82, 2.24) is 4.90 Å². The van der Waals surface area contributed by atoms with Crippen molar-refractivity contribution in [3.8, 4) is 5.75 Å². The molecule has 1 aromatic heterocycles. The van der Waals surface area contributed by atoms with Crippen LogP contribution in [0.5, 0.6) is 5.75 Å². The van der Waals surface area contributed by atoms with Crippen LogP contribution in [0.3, 0.4) is 0 Å². The van der Waals surface area contributed by atoms with Gasteiger partial charge in [-0.1, -0.05) is 48.0 Å². The summed E-state index contributed by atoms with van der Waals surface area (Å²) in [5.41, 5.74) is 2.06. The molecule has 4 nitrogen and oxygen atoms in total. The summed E-state index contributed by atoms with van der Waals surface area (Å²) in [4.78, 5) is 14.5. The Hall–Kier alpha value is -2.72. The number of amides is 1. The minimum absolute atomic E-state index is 0.0866. The van der Waals surface area contributed by atoms with Gasteiger partial charge in [0.2, 0.25) is 0 Å². The van der Waals surface area contributed by atoms with Crippen molar-refractivity contribution in [1.29, 1.82) is 0 Å². The summed E-state index contributed by atoms with van der Waals surface area (Å²) in [6, 6.07) is 19.0. The van der Waals surface area contributed by atoms with E-state index in [9.17, 15) is 4.79 Å². The predicted molar refractivity (Wildman–Crippen MR) is 101 cm³/mol. The molecule has 0 fully saturated rings. The third-order valence-electron chi connectivity index (χ3n) is 3.93. The third kappa shape index (κ3) is 4.90. The average molecular weight is 370 g/mol. The van der Waals surface area contributed by atoms with Crippen molar-refractivity contribution in [3.05, 3.63) is 88.8 Å². The largest absolute Gasteiger partial charge is 0.482 e. The van der Waals surface area contributed by atoms with Gasteiger partial charge in [-0.05, 0) is 42.3 Å². The Kier molecular flexibility index (Phi) is 5.97. The number of aryl methyl sites for hydroxylation is 1. The molecule has 0 radical (unpaired) electrons. The van der Waals surface area contributed by atoms with Crippen LogP contribution in [-0.4, -0.2) is 17.4 Å². The van der Waals surface area contributed by atoms with Crippen molar-refractivity contribution < 1.29 is 13.9 Å². The van der Waals surface area contributed by atoms with Gasteiger partial charge < -0.3 is 14.1 Å². The molecule has 0 bridgehead atoms. The molecule has 0 saturated carbocycles. The topological polar surface area (TPSA) is 42.7 Å². The number of halogens is 1. The van der Waals surface area contributed by atoms with Crippen LogP contribution in [0.1, 0.15) is 16.9 Å². The lowest BCUT2D eigenvalue weighted by Gasteiger charge is -2.22. The SMILES string of the molecule is Cc1ccc(Cl)c(OCC(=O)N(Cc2ccccc2)Cc2ccco2)c1. The number of furan rings is 1. The van der Waals surface area contributed by atoms with Crippen molar-refractivity contribution in [2.45, 2.75) is 20.0 Å². The van der Waals surface area contributed by atoms with E-state index in [0.717, 1.165) is 16.9 Å². The zero-order chi connectivity index (χ0) is 18.4. The number of hydrogen-bond acceptors (Lipinski definition) is 3. The maximum atomic E-state index is 12.8. The number of benzene rings is 2. The molecule has 26 heavy (non-hydrogen) atoms. The number of carbonyl (C=O) groups is 1. The average Bonchev–Trinajstić information content (AvgIpc) is 3.15. The number of carbonyl (C=O) groups excluding carboxylic acids is 1. The second-order valence-electron chi connectivity index (χ2n) is 6.04. The van der Waals surface area contributed by atoms with Gasteiger partial charge in [0, 0.05) is 6.54 Å². The molecular formula is C21H20ClNO3. The number of ether oxygens (including phenoxy) is 1. The molecule has 0 atom stereocenters. The molecule has 1 heterocycles. The summed E-state index contributed by atoms with van der Waals surface area (Å²) in [5.74, 6) is 1.10. The molecule has 0 saturated heterocycles. The maximum absolute atomic E-state index is 12.8. The first-order chi connectivity index (χ1) is 12.6. The molecule has 0 aliphatic rings. The van der Waals surface area contributed by atoms with E-state index >= 15 is 0 Å². The molecule has 134 valence electrons. The highest BCUT2D eigenvalue weighted by Gasteiger charge is 2.17. The van der Waals surface area contributed by atoms with E-state index in [1.54, 1.807) is 17.2 Å². The van der Waals surface area contributed by atoms with Crippen molar-refractivity contribution >= 4 is 17.5 Å². The van der Waals surface area contributed by atoms with Crippen LogP contribution < -0.4 is 4.74 Å². The zero-order valence-corrected chi connectivity index (χ0v) is 15.3. The van der Waals surface area contributed by atoms with Crippen LogP contribution in [0, 0.1) is 6.92 Å². The molecule has 0 spiro atoms. The van der Waals surface area contributed by atoms with Gasteiger partial charge >= 0.3 is 0 Å². The Morgan fingerprint density at radius 2 is 1.88 bits per heavy atom. The Balaban J connectivity index is 1.70. The molecule has 0 aliphatic heterocycles. The van der Waals surface area contributed by atoms with Gasteiger partial charge in [-0.15, -0.1) is 0 Å². The second kappa shape index (κ2) is 8.59. The Labute approximate surface area is 158 Å². The lowest BCUT2D eigenvalue weighted by molar-refractivity contribution is -0.134. The van der Waals surface area contributed by atoms with Gasteiger partial charge in [-0.3, -0.25) is 4.79 Å². The zero-order valence-electron chi connectivity index (χ0n) is 14.5. The molecule has 0 aliphatic carbocycles. The fraction of sp³-hybridized carbons (Fsp3) is 0.190. The fourth-order valence-electron chi connectivity index (χ4n) is 2.58. The normalized spacial score (nSPS) is 10.5. The van der Waals surface area contributed by atoms with Gasteiger partial charge in [-0.2, -0.15) is 0 Å². The van der Waals surface area contributed by atoms with E-state index in [0.29, 0.717) is 23.9 Å². The summed E-state index contributed by atoms with van der Waals surface area (Å²) in [6.45, 7) is 2.72. The summed E-state index contributed by atoms with van der Waals surface area (Å²) >= 11 is 6.14. The van der Waals surface area contributed by atoms with Crippen LogP contribution in [0.4, 0.5) is 0 Å². The van der Waals surface area contributed by atoms with Crippen LogP contribution in [0.15, 0.2) is 71.3 Å². The van der Waals surface area contributed by atoms with Gasteiger partial charge in [0.05, 0.1) is 17.8 Å². The third-order valence-corrected chi connectivity index (χ3v) is 4.25. The molecule has 3 rings (SSSR count). The molecule has 1 amide bonds. The summed E-state index contributed by atoms with van der Waals surface area (Å²) < 4.78 is 11.1. The monoisotopic (exact) mass is 369 g/mol. The molecule has 2 aromatic carbocycles. The minimum atomic E-state index is -0.136. The van der Waals surface area contributed by atoms with Crippen molar-refractivity contribution in [2.24, 2.45) is 0 Å². The van der Waals surface area contributed by atoms with E-state index in [1.807, 2.05) is 61.5 Å². The molecule has 5 heteroatoms. The van der Waals surface area contributed by atoms with Gasteiger partial charge in [0.25, 0.3) is 5.91 Å². The highest BCUT2D eigenvalue weighted by molar-refractivity contribution is 6.32. The maximum Gasteiger partial charge on any atom is 0.261 e. The molecular weight excluding hydrogens is 350 g/mol. The highest BCUT2D eigenvalue weighted by atomic mass is 35.5.